The van der Waals surface area contributed by atoms with Crippen LogP contribution in [-0.4, -0.2) is 61.6 Å². The van der Waals surface area contributed by atoms with Crippen molar-refractivity contribution in [2.45, 2.75) is 0 Å². The third kappa shape index (κ3) is 2.45. The average Bonchev–Trinajstić information content (AvgIpc) is 1.86. The summed E-state index contributed by atoms with van der Waals surface area (Å²) < 4.78 is 4.21. The standard InChI is InChI=1S/C3H3NO2.K.H/c5-3-1-2-6-4-3;;/h1-2H,(H,4,5);;. The van der Waals surface area contributed by atoms with Crippen molar-refractivity contribution in [3.63, 3.8) is 0 Å². The number of aromatic nitrogens is 1. The molecule has 0 unspecified atom stereocenters. The number of hydrogen-bond donors (Lipinski definition) is 1. The monoisotopic (exact) mass is 125 g/mol. The van der Waals surface area contributed by atoms with Gasteiger partial charge in [-0.25, -0.2) is 0 Å². The molecule has 1 aromatic heterocycles. The molecule has 0 aliphatic carbocycles. The van der Waals surface area contributed by atoms with Crippen LogP contribution in [0.25, 0.3) is 0 Å². The van der Waals surface area contributed by atoms with E-state index in [1.54, 1.807) is 0 Å². The predicted octanol–water partition coefficient (Wildman–Crippen LogP) is -0.268. The second kappa shape index (κ2) is 3.62. The Bertz CT molecular complexity index is 116. The molecule has 1 N–H and O–H groups in total. The van der Waals surface area contributed by atoms with E-state index in [2.05, 4.69) is 9.68 Å². The van der Waals surface area contributed by atoms with Crippen LogP contribution in [0.2, 0.25) is 0 Å². The number of aromatic hydroxyl groups is 1. The Labute approximate surface area is 83.1 Å². The van der Waals surface area contributed by atoms with Crippen molar-refractivity contribution in [3.05, 3.63) is 12.3 Å². The van der Waals surface area contributed by atoms with Crippen molar-refractivity contribution in [2.24, 2.45) is 0 Å². The van der Waals surface area contributed by atoms with E-state index in [4.69, 9.17) is 5.11 Å². The van der Waals surface area contributed by atoms with E-state index < -0.39 is 0 Å². The van der Waals surface area contributed by atoms with Gasteiger partial charge in [-0.05, 0) is 5.16 Å². The van der Waals surface area contributed by atoms with Gasteiger partial charge in [0.25, 0.3) is 5.88 Å². The average molecular weight is 125 g/mol. The molecule has 0 fully saturated rings. The van der Waals surface area contributed by atoms with E-state index in [-0.39, 0.29) is 57.3 Å². The normalized spacial score (nSPS) is 7.43. The molecular formula is C3H4KNO2. The van der Waals surface area contributed by atoms with Crippen molar-refractivity contribution < 1.29 is 9.63 Å². The number of rotatable bonds is 0. The molecule has 34 valence electrons. The summed E-state index contributed by atoms with van der Waals surface area (Å²) in [5.41, 5.74) is 0. The van der Waals surface area contributed by atoms with Crippen molar-refractivity contribution in [2.75, 3.05) is 0 Å². The predicted molar refractivity (Wildman–Crippen MR) is 25.3 cm³/mol. The zero-order chi connectivity index (χ0) is 4.41. The molecule has 0 spiro atoms. The molecule has 1 heterocycles. The second-order valence-corrected chi connectivity index (χ2v) is 0.858. The summed E-state index contributed by atoms with van der Waals surface area (Å²) >= 11 is 0. The molecule has 1 aromatic rings. The fraction of sp³-hybridized carbons (Fsp3) is 0. The van der Waals surface area contributed by atoms with Crippen LogP contribution in [0.4, 0.5) is 0 Å². The molecule has 0 aliphatic rings. The maximum absolute atomic E-state index is 8.27. The van der Waals surface area contributed by atoms with Crippen LogP contribution < -0.4 is 0 Å². The van der Waals surface area contributed by atoms with Gasteiger partial charge in [0.1, 0.15) is 6.26 Å². The zero-order valence-electron chi connectivity index (χ0n) is 2.96. The Balaban J connectivity index is 0.000000360. The zero-order valence-corrected chi connectivity index (χ0v) is 2.96. The van der Waals surface area contributed by atoms with Crippen LogP contribution in [-0.2, 0) is 0 Å². The molecule has 0 radical (unpaired) electrons. The third-order valence-electron chi connectivity index (χ3n) is 0.424. The third-order valence-corrected chi connectivity index (χ3v) is 0.424. The minimum absolute atomic E-state index is 0. The summed E-state index contributed by atoms with van der Waals surface area (Å²) in [4.78, 5) is 0. The van der Waals surface area contributed by atoms with Crippen LogP contribution in [0.5, 0.6) is 5.88 Å². The molecular weight excluding hydrogens is 121 g/mol. The van der Waals surface area contributed by atoms with E-state index >= 15 is 0 Å². The van der Waals surface area contributed by atoms with E-state index in [9.17, 15) is 0 Å². The second-order valence-electron chi connectivity index (χ2n) is 0.858. The van der Waals surface area contributed by atoms with Gasteiger partial charge in [-0.2, -0.15) is 0 Å². The molecule has 0 amide bonds. The number of hydrogen-bond acceptors (Lipinski definition) is 3. The minimum atomic E-state index is -0.0741. The molecule has 4 heteroatoms. The van der Waals surface area contributed by atoms with Crippen molar-refractivity contribution >= 4 is 51.4 Å². The van der Waals surface area contributed by atoms with Gasteiger partial charge in [0, 0.05) is 6.07 Å². The quantitative estimate of drug-likeness (QED) is 0.485. The summed E-state index contributed by atoms with van der Waals surface area (Å²) in [6.07, 6.45) is 1.30. The van der Waals surface area contributed by atoms with Crippen LogP contribution >= 0.6 is 0 Å². The SMILES string of the molecule is Oc1ccon1.[KH]. The van der Waals surface area contributed by atoms with Crippen LogP contribution in [0, 0.1) is 0 Å². The van der Waals surface area contributed by atoms with E-state index in [1.165, 1.54) is 12.3 Å². The Morgan fingerprint density at radius 1 is 1.71 bits per heavy atom. The van der Waals surface area contributed by atoms with Crippen molar-refractivity contribution in [1.82, 2.24) is 5.16 Å². The summed E-state index contributed by atoms with van der Waals surface area (Å²) in [6.45, 7) is 0. The summed E-state index contributed by atoms with van der Waals surface area (Å²) in [5, 5.41) is 11.4. The first-order chi connectivity index (χ1) is 2.89. The van der Waals surface area contributed by atoms with Gasteiger partial charge in [0.2, 0.25) is 0 Å². The van der Waals surface area contributed by atoms with Crippen LogP contribution in [0.15, 0.2) is 16.9 Å². The molecule has 7 heavy (non-hydrogen) atoms. The van der Waals surface area contributed by atoms with Gasteiger partial charge in [-0.1, -0.05) is 0 Å². The first-order valence-electron chi connectivity index (χ1n) is 1.49. The van der Waals surface area contributed by atoms with Gasteiger partial charge < -0.3 is 9.63 Å². The van der Waals surface area contributed by atoms with Crippen molar-refractivity contribution in [1.29, 1.82) is 0 Å². The van der Waals surface area contributed by atoms with E-state index in [1.807, 2.05) is 0 Å². The molecule has 1 rings (SSSR count). The van der Waals surface area contributed by atoms with Crippen LogP contribution in [0.1, 0.15) is 0 Å². The van der Waals surface area contributed by atoms with E-state index in [0.717, 1.165) is 0 Å². The molecule has 0 bridgehead atoms. The van der Waals surface area contributed by atoms with Crippen molar-refractivity contribution in [3.8, 4) is 5.88 Å². The molecule has 0 saturated heterocycles. The van der Waals surface area contributed by atoms with Gasteiger partial charge in [0.15, 0.2) is 0 Å². The molecule has 0 aromatic carbocycles. The van der Waals surface area contributed by atoms with Crippen LogP contribution in [0.3, 0.4) is 0 Å². The Morgan fingerprint density at radius 2 is 2.43 bits per heavy atom. The first-order valence-corrected chi connectivity index (χ1v) is 1.49. The Hall–Kier alpha value is 0.646. The summed E-state index contributed by atoms with van der Waals surface area (Å²) in [7, 11) is 0. The fourth-order valence-electron chi connectivity index (χ4n) is 0.206. The Morgan fingerprint density at radius 3 is 2.57 bits per heavy atom. The first kappa shape index (κ1) is 7.65. The molecule has 3 nitrogen and oxygen atoms in total. The maximum atomic E-state index is 8.27. The topological polar surface area (TPSA) is 46.3 Å². The van der Waals surface area contributed by atoms with Gasteiger partial charge in [-0.15, -0.1) is 0 Å². The molecule has 0 atom stereocenters. The summed E-state index contributed by atoms with van der Waals surface area (Å²) in [6, 6.07) is 1.36. The fourth-order valence-corrected chi connectivity index (χ4v) is 0.206. The Kier molecular flexibility index (Phi) is 3.96. The number of nitrogens with zero attached hydrogens (tertiary/aromatic N) is 1. The summed E-state index contributed by atoms with van der Waals surface area (Å²) in [5.74, 6) is -0.0741. The van der Waals surface area contributed by atoms with Gasteiger partial charge in [0.05, 0.1) is 0 Å². The molecule has 0 saturated carbocycles. The van der Waals surface area contributed by atoms with Gasteiger partial charge >= 0.3 is 51.4 Å². The van der Waals surface area contributed by atoms with E-state index in [0.29, 0.717) is 0 Å². The van der Waals surface area contributed by atoms with Gasteiger partial charge in [-0.3, -0.25) is 0 Å². The molecule has 0 aliphatic heterocycles.